The number of halogens is 3. The normalized spacial score (nSPS) is 35.8. The summed E-state index contributed by atoms with van der Waals surface area (Å²) < 4.78 is 38.4. The van der Waals surface area contributed by atoms with Gasteiger partial charge < -0.3 is 5.11 Å². The number of alkyl halides is 3. The van der Waals surface area contributed by atoms with Crippen LogP contribution >= 0.6 is 0 Å². The van der Waals surface area contributed by atoms with Gasteiger partial charge in [-0.25, -0.2) is 0 Å². The Morgan fingerprint density at radius 1 is 1.09 bits per heavy atom. The molecule has 0 unspecified atom stereocenters. The molecule has 3 aliphatic rings. The zero-order valence-corrected chi connectivity index (χ0v) is 21.3. The standard InChI is InChI=1S/C29H44F3NO/c1-4-21(19(2)16-20-8-13-27(33-18-20)29(30,31)32)9-10-22-6-5-7-26-24(22)12-11-23-17-28(3,34)15-14-25(23)26/h8,13,18-19,21-26,34H,4-7,9-12,14-17H2,1-3H3/t19-,21-,22+,23-,24+,25+,26+,28-/m1/s1. The third-order valence-corrected chi connectivity index (χ3v) is 9.92. The van der Waals surface area contributed by atoms with Gasteiger partial charge >= 0.3 is 6.18 Å². The molecule has 1 aromatic heterocycles. The van der Waals surface area contributed by atoms with Gasteiger partial charge in [-0.05, 0) is 118 Å². The van der Waals surface area contributed by atoms with E-state index in [-0.39, 0.29) is 0 Å². The predicted octanol–water partition coefficient (Wildman–Crippen LogP) is 8.08. The average Bonchev–Trinajstić information content (AvgIpc) is 2.78. The Bertz CT molecular complexity index is 790. The van der Waals surface area contributed by atoms with Crippen molar-refractivity contribution in [1.82, 2.24) is 4.98 Å². The number of aliphatic hydroxyl groups is 1. The number of fused-ring (bicyclic) bond motifs is 3. The highest BCUT2D eigenvalue weighted by atomic mass is 19.4. The molecule has 0 aromatic carbocycles. The van der Waals surface area contributed by atoms with E-state index in [1.54, 1.807) is 6.07 Å². The number of aromatic nitrogens is 1. The first-order valence-corrected chi connectivity index (χ1v) is 13.8. The van der Waals surface area contributed by atoms with Crippen LogP contribution in [0.2, 0.25) is 0 Å². The molecule has 1 heterocycles. The maximum Gasteiger partial charge on any atom is 0.433 e. The summed E-state index contributed by atoms with van der Waals surface area (Å²) in [4.78, 5) is 3.65. The molecular weight excluding hydrogens is 435 g/mol. The largest absolute Gasteiger partial charge is 0.433 e. The van der Waals surface area contributed by atoms with Crippen LogP contribution in [0.4, 0.5) is 13.2 Å². The minimum absolute atomic E-state index is 0.444. The number of hydrogen-bond donors (Lipinski definition) is 1. The number of hydrogen-bond acceptors (Lipinski definition) is 2. The van der Waals surface area contributed by atoms with Crippen molar-refractivity contribution in [3.05, 3.63) is 29.6 Å². The summed E-state index contributed by atoms with van der Waals surface area (Å²) in [5, 5.41) is 10.6. The maximum atomic E-state index is 12.8. The van der Waals surface area contributed by atoms with Gasteiger partial charge in [-0.2, -0.15) is 13.2 Å². The Morgan fingerprint density at radius 3 is 2.56 bits per heavy atom. The summed E-state index contributed by atoms with van der Waals surface area (Å²) in [6, 6.07) is 2.72. The van der Waals surface area contributed by atoms with Gasteiger partial charge in [0.15, 0.2) is 0 Å². The Kier molecular flexibility index (Phi) is 8.01. The van der Waals surface area contributed by atoms with Gasteiger partial charge in [0.25, 0.3) is 0 Å². The van der Waals surface area contributed by atoms with Crippen molar-refractivity contribution in [3.63, 3.8) is 0 Å². The summed E-state index contributed by atoms with van der Waals surface area (Å²) in [5.41, 5.74) is -0.350. The number of nitrogens with zero attached hydrogens (tertiary/aromatic N) is 1. The van der Waals surface area contributed by atoms with Crippen molar-refractivity contribution in [3.8, 4) is 0 Å². The Balaban J connectivity index is 1.32. The molecular formula is C29H44F3NO. The van der Waals surface area contributed by atoms with E-state index in [0.717, 1.165) is 66.9 Å². The van der Waals surface area contributed by atoms with Crippen LogP contribution in [-0.2, 0) is 12.6 Å². The molecule has 0 spiro atoms. The maximum absolute atomic E-state index is 12.8. The second kappa shape index (κ2) is 10.5. The van der Waals surface area contributed by atoms with E-state index >= 15 is 0 Å². The zero-order valence-electron chi connectivity index (χ0n) is 21.3. The van der Waals surface area contributed by atoms with Crippen LogP contribution in [0.15, 0.2) is 18.3 Å². The van der Waals surface area contributed by atoms with Crippen LogP contribution in [0.5, 0.6) is 0 Å². The van der Waals surface area contributed by atoms with Gasteiger partial charge in [-0.3, -0.25) is 4.98 Å². The van der Waals surface area contributed by atoms with Crippen molar-refractivity contribution < 1.29 is 18.3 Å². The van der Waals surface area contributed by atoms with Crippen LogP contribution in [-0.4, -0.2) is 15.7 Å². The predicted molar refractivity (Wildman–Crippen MR) is 130 cm³/mol. The van der Waals surface area contributed by atoms with Crippen molar-refractivity contribution in [1.29, 1.82) is 0 Å². The van der Waals surface area contributed by atoms with Crippen molar-refractivity contribution in [2.24, 2.45) is 41.4 Å². The fourth-order valence-electron chi connectivity index (χ4n) is 8.12. The van der Waals surface area contributed by atoms with Crippen LogP contribution in [0.25, 0.3) is 0 Å². The highest BCUT2D eigenvalue weighted by molar-refractivity contribution is 5.16. The quantitative estimate of drug-likeness (QED) is 0.429. The summed E-state index contributed by atoms with van der Waals surface area (Å²) in [5.74, 6) is 5.16. The fourth-order valence-corrected chi connectivity index (χ4v) is 8.12. The molecule has 0 radical (unpaired) electrons. The van der Waals surface area contributed by atoms with Gasteiger partial charge in [0.2, 0.25) is 0 Å². The van der Waals surface area contributed by atoms with Gasteiger partial charge in [-0.1, -0.05) is 39.2 Å². The Morgan fingerprint density at radius 2 is 1.88 bits per heavy atom. The first kappa shape index (κ1) is 26.0. The molecule has 0 saturated heterocycles. The second-order valence-corrected chi connectivity index (χ2v) is 12.2. The smallest absolute Gasteiger partial charge is 0.390 e. The third kappa shape index (κ3) is 5.99. The molecule has 0 aliphatic heterocycles. The lowest BCUT2D eigenvalue weighted by atomic mass is 9.53. The molecule has 2 nitrogen and oxygen atoms in total. The van der Waals surface area contributed by atoms with E-state index in [2.05, 4.69) is 18.8 Å². The van der Waals surface area contributed by atoms with Gasteiger partial charge in [0.05, 0.1) is 5.60 Å². The Labute approximate surface area is 204 Å². The van der Waals surface area contributed by atoms with Crippen LogP contribution in [0.1, 0.15) is 103 Å². The molecule has 34 heavy (non-hydrogen) atoms. The van der Waals surface area contributed by atoms with Crippen LogP contribution in [0.3, 0.4) is 0 Å². The van der Waals surface area contributed by atoms with E-state index in [0.29, 0.717) is 11.8 Å². The molecule has 4 rings (SSSR count). The fraction of sp³-hybridized carbons (Fsp3) is 0.828. The molecule has 3 aliphatic carbocycles. The lowest BCUT2D eigenvalue weighted by Gasteiger charge is -2.53. The minimum Gasteiger partial charge on any atom is -0.390 e. The molecule has 3 saturated carbocycles. The molecule has 192 valence electrons. The topological polar surface area (TPSA) is 33.1 Å². The third-order valence-electron chi connectivity index (χ3n) is 9.92. The summed E-state index contributed by atoms with van der Waals surface area (Å²) in [7, 11) is 0. The van der Waals surface area contributed by atoms with E-state index in [4.69, 9.17) is 0 Å². The number of rotatable bonds is 7. The highest BCUT2D eigenvalue weighted by Crippen LogP contribution is 2.55. The molecule has 0 amide bonds. The average molecular weight is 480 g/mol. The molecule has 3 fully saturated rings. The first-order valence-electron chi connectivity index (χ1n) is 13.8. The lowest BCUT2D eigenvalue weighted by molar-refractivity contribution is -0.141. The lowest BCUT2D eigenvalue weighted by Crippen LogP contribution is -2.46. The molecule has 1 N–H and O–H groups in total. The van der Waals surface area contributed by atoms with E-state index in [1.165, 1.54) is 57.6 Å². The van der Waals surface area contributed by atoms with Crippen molar-refractivity contribution in [2.75, 3.05) is 0 Å². The number of pyridine rings is 1. The second-order valence-electron chi connectivity index (χ2n) is 12.2. The Hall–Kier alpha value is -1.10. The van der Waals surface area contributed by atoms with E-state index in [1.807, 2.05) is 6.92 Å². The van der Waals surface area contributed by atoms with E-state index in [9.17, 15) is 18.3 Å². The van der Waals surface area contributed by atoms with E-state index < -0.39 is 17.5 Å². The minimum atomic E-state index is -4.37. The highest BCUT2D eigenvalue weighted by Gasteiger charge is 2.47. The molecule has 1 aromatic rings. The van der Waals surface area contributed by atoms with Gasteiger partial charge in [0.1, 0.15) is 5.69 Å². The van der Waals surface area contributed by atoms with Crippen LogP contribution < -0.4 is 0 Å². The molecule has 5 heteroatoms. The SMILES string of the molecule is CC[C@H](CC[C@@H]1CCC[C@H]2[C@H]1CC[C@@H]1C[C@](C)(O)CC[C@@H]12)[C@H](C)Cc1ccc(C(F)(F)F)nc1. The van der Waals surface area contributed by atoms with Gasteiger partial charge in [-0.15, -0.1) is 0 Å². The van der Waals surface area contributed by atoms with Crippen molar-refractivity contribution in [2.45, 2.75) is 110 Å². The van der Waals surface area contributed by atoms with Crippen molar-refractivity contribution >= 4 is 0 Å². The monoisotopic (exact) mass is 479 g/mol. The van der Waals surface area contributed by atoms with Crippen LogP contribution in [0, 0.1) is 41.4 Å². The zero-order chi connectivity index (χ0) is 24.5. The summed E-state index contributed by atoms with van der Waals surface area (Å²) in [6.07, 6.45) is 11.4. The van der Waals surface area contributed by atoms with Gasteiger partial charge in [0, 0.05) is 6.20 Å². The summed E-state index contributed by atoms with van der Waals surface area (Å²) in [6.45, 7) is 6.55. The first-order chi connectivity index (χ1) is 16.1. The summed E-state index contributed by atoms with van der Waals surface area (Å²) >= 11 is 0. The molecule has 0 bridgehead atoms. The molecule has 8 atom stereocenters.